The third kappa shape index (κ3) is 1.86. The summed E-state index contributed by atoms with van der Waals surface area (Å²) >= 11 is 5.45. The average molecular weight is 376 g/mol. The van der Waals surface area contributed by atoms with Crippen molar-refractivity contribution in [3.63, 3.8) is 0 Å². The Kier molecular flexibility index (Phi) is 2.46. The molecular weight excluding hydrogens is 362 g/mol. The van der Waals surface area contributed by atoms with Gasteiger partial charge < -0.3 is 0 Å². The van der Waals surface area contributed by atoms with Crippen LogP contribution in [0.3, 0.4) is 0 Å². The van der Waals surface area contributed by atoms with Gasteiger partial charge >= 0.3 is 0 Å². The maximum absolute atomic E-state index is 2.73. The van der Waals surface area contributed by atoms with Crippen molar-refractivity contribution in [3.8, 4) is 0 Å². The summed E-state index contributed by atoms with van der Waals surface area (Å²) in [5.74, 6) is 0. The molecule has 2 aliphatic carbocycles. The fourth-order valence-corrected chi connectivity index (χ4v) is 6.33. The number of halogens is 2. The largest absolute Gasteiger partial charge is 0.0788 e. The van der Waals surface area contributed by atoms with E-state index in [0.29, 0.717) is 6.84 Å². The monoisotopic (exact) mass is 376 g/mol. The van der Waals surface area contributed by atoms with E-state index in [1.54, 1.807) is 0 Å². The lowest BCUT2D eigenvalue weighted by Crippen LogP contribution is -2.41. The van der Waals surface area contributed by atoms with Crippen LogP contribution in [0.15, 0.2) is 0 Å². The molecule has 11 heavy (non-hydrogen) atoms. The zero-order valence-electron chi connectivity index (χ0n) is 6.71. The zero-order valence-corrected chi connectivity index (χ0v) is 11.0. The zero-order chi connectivity index (χ0) is 7.95. The van der Waals surface area contributed by atoms with Crippen LogP contribution < -0.4 is 0 Å². The minimum Gasteiger partial charge on any atom is -0.0788 e. The molecule has 2 heteroatoms. The van der Waals surface area contributed by atoms with Gasteiger partial charge in [-0.3, -0.25) is 0 Å². The molecule has 0 unspecified atom stereocenters. The Bertz CT molecular complexity index is 139. The summed E-state index contributed by atoms with van der Waals surface area (Å²) < 4.78 is 1.41. The van der Waals surface area contributed by atoms with Gasteiger partial charge in [0.15, 0.2) is 0 Å². The molecule has 0 spiro atoms. The van der Waals surface area contributed by atoms with Crippen LogP contribution in [-0.2, 0) is 0 Å². The second-order valence-corrected chi connectivity index (χ2v) is 8.76. The van der Waals surface area contributed by atoms with Gasteiger partial charge in [0, 0.05) is 6.84 Å². The molecule has 0 amide bonds. The van der Waals surface area contributed by atoms with E-state index in [0.717, 1.165) is 0 Å². The van der Waals surface area contributed by atoms with Crippen molar-refractivity contribution in [2.24, 2.45) is 0 Å². The summed E-state index contributed by atoms with van der Waals surface area (Å²) in [6, 6.07) is 0. The molecule has 0 atom stereocenters. The first-order valence-electron chi connectivity index (χ1n) is 4.50. The van der Waals surface area contributed by atoms with Crippen LogP contribution in [0.5, 0.6) is 0 Å². The van der Waals surface area contributed by atoms with Gasteiger partial charge in [-0.2, -0.15) is 0 Å². The lowest BCUT2D eigenvalue weighted by molar-refractivity contribution is 0.270. The topological polar surface area (TPSA) is 0 Å². The number of rotatable bonds is 0. The fourth-order valence-electron chi connectivity index (χ4n) is 2.62. The second-order valence-electron chi connectivity index (χ2n) is 4.19. The Morgan fingerprint density at radius 3 is 1.36 bits per heavy atom. The SMILES string of the molecule is IC12CCCC(I)(CCC1)C2. The van der Waals surface area contributed by atoms with E-state index >= 15 is 0 Å². The summed E-state index contributed by atoms with van der Waals surface area (Å²) in [4.78, 5) is 0. The minimum atomic E-state index is 0.704. The molecule has 0 aromatic rings. The van der Waals surface area contributed by atoms with Gasteiger partial charge in [-0.15, -0.1) is 0 Å². The van der Waals surface area contributed by atoms with Crippen LogP contribution >= 0.6 is 45.2 Å². The van der Waals surface area contributed by atoms with E-state index in [1.807, 2.05) is 0 Å². The highest BCUT2D eigenvalue weighted by molar-refractivity contribution is 14.1. The molecule has 2 rings (SSSR count). The molecule has 0 N–H and O–H groups in total. The van der Waals surface area contributed by atoms with Crippen molar-refractivity contribution in [3.05, 3.63) is 0 Å². The molecule has 0 aromatic carbocycles. The molecule has 0 aromatic heterocycles. The third-order valence-electron chi connectivity index (χ3n) is 3.13. The normalized spacial score (nSPS) is 50.7. The highest BCUT2D eigenvalue weighted by atomic mass is 127. The van der Waals surface area contributed by atoms with Crippen LogP contribution in [0.2, 0.25) is 0 Å². The van der Waals surface area contributed by atoms with E-state index in [-0.39, 0.29) is 0 Å². The summed E-state index contributed by atoms with van der Waals surface area (Å²) in [6.45, 7) is 0. The maximum Gasteiger partial charge on any atom is 0.0235 e. The van der Waals surface area contributed by atoms with E-state index in [9.17, 15) is 0 Å². The number of alkyl halides is 2. The van der Waals surface area contributed by atoms with Crippen LogP contribution in [-0.4, -0.2) is 6.84 Å². The lowest BCUT2D eigenvalue weighted by Gasteiger charge is -2.46. The molecule has 2 bridgehead atoms. The summed E-state index contributed by atoms with van der Waals surface area (Å²) in [5.41, 5.74) is 0. The maximum atomic E-state index is 2.73. The fraction of sp³-hybridized carbons (Fsp3) is 1.00. The predicted molar refractivity (Wildman–Crippen MR) is 65.8 cm³/mol. The van der Waals surface area contributed by atoms with Gasteiger partial charge in [0.1, 0.15) is 0 Å². The van der Waals surface area contributed by atoms with Gasteiger partial charge in [0.05, 0.1) is 0 Å². The van der Waals surface area contributed by atoms with E-state index in [1.165, 1.54) is 44.9 Å². The number of hydrogen-bond acceptors (Lipinski definition) is 0. The Balaban J connectivity index is 2.16. The first-order valence-corrected chi connectivity index (χ1v) is 6.66. The third-order valence-corrected chi connectivity index (χ3v) is 6.05. The molecule has 0 radical (unpaired) electrons. The summed E-state index contributed by atoms with van der Waals surface area (Å²) in [7, 11) is 0. The van der Waals surface area contributed by atoms with Crippen LogP contribution in [0.25, 0.3) is 0 Å². The lowest BCUT2D eigenvalue weighted by atomic mass is 9.72. The minimum absolute atomic E-state index is 0.704. The van der Waals surface area contributed by atoms with E-state index in [4.69, 9.17) is 0 Å². The Morgan fingerprint density at radius 1 is 0.727 bits per heavy atom. The standard InChI is InChI=1S/C9H14I2/c10-8-3-1-4-9(11,7-8)6-2-5-8/h1-7H2. The first-order chi connectivity index (χ1) is 5.12. The Labute approximate surface area is 96.2 Å². The van der Waals surface area contributed by atoms with Crippen LogP contribution in [0.1, 0.15) is 44.9 Å². The van der Waals surface area contributed by atoms with Crippen LogP contribution in [0.4, 0.5) is 0 Å². The second kappa shape index (κ2) is 3.00. The van der Waals surface area contributed by atoms with Crippen molar-refractivity contribution in [1.82, 2.24) is 0 Å². The van der Waals surface area contributed by atoms with Gasteiger partial charge in [0.2, 0.25) is 0 Å². The highest BCUT2D eigenvalue weighted by Crippen LogP contribution is 2.54. The first kappa shape index (κ1) is 9.03. The van der Waals surface area contributed by atoms with Gasteiger partial charge in [0.25, 0.3) is 0 Å². The molecule has 0 heterocycles. The molecule has 0 aliphatic heterocycles. The molecule has 2 fully saturated rings. The Morgan fingerprint density at radius 2 is 1.09 bits per heavy atom. The predicted octanol–water partition coefficient (Wildman–Crippen LogP) is 4.09. The summed E-state index contributed by atoms with van der Waals surface area (Å²) in [5, 5.41) is 0. The molecule has 64 valence electrons. The van der Waals surface area contributed by atoms with Gasteiger partial charge in [-0.05, 0) is 32.1 Å². The number of fused-ring (bicyclic) bond motifs is 2. The number of hydrogen-bond donors (Lipinski definition) is 0. The Hall–Kier alpha value is 1.46. The molecular formula is C9H14I2. The van der Waals surface area contributed by atoms with Gasteiger partial charge in [-0.25, -0.2) is 0 Å². The molecule has 2 aliphatic rings. The van der Waals surface area contributed by atoms with Crippen molar-refractivity contribution < 1.29 is 0 Å². The highest BCUT2D eigenvalue weighted by Gasteiger charge is 2.44. The molecule has 0 saturated heterocycles. The smallest absolute Gasteiger partial charge is 0.0235 e. The van der Waals surface area contributed by atoms with Crippen molar-refractivity contribution >= 4 is 45.2 Å². The average Bonchev–Trinajstić information content (AvgIpc) is 1.83. The van der Waals surface area contributed by atoms with Gasteiger partial charge in [-0.1, -0.05) is 58.0 Å². The van der Waals surface area contributed by atoms with Crippen LogP contribution in [0, 0.1) is 0 Å². The molecule has 0 nitrogen and oxygen atoms in total. The van der Waals surface area contributed by atoms with E-state index in [2.05, 4.69) is 45.2 Å². The van der Waals surface area contributed by atoms with E-state index < -0.39 is 0 Å². The van der Waals surface area contributed by atoms with Crippen molar-refractivity contribution in [2.45, 2.75) is 51.8 Å². The summed E-state index contributed by atoms with van der Waals surface area (Å²) in [6.07, 6.45) is 10.4. The van der Waals surface area contributed by atoms with Crippen molar-refractivity contribution in [2.75, 3.05) is 0 Å². The molecule has 2 saturated carbocycles. The van der Waals surface area contributed by atoms with Crippen molar-refractivity contribution in [1.29, 1.82) is 0 Å². The quantitative estimate of drug-likeness (QED) is 0.442.